The first-order chi connectivity index (χ1) is 6.09. The average Bonchev–Trinajstić information content (AvgIpc) is 2.36. The molecule has 2 aliphatic heterocycles. The Morgan fingerprint density at radius 3 is 2.62 bits per heavy atom. The van der Waals surface area contributed by atoms with Crippen LogP contribution in [-0.4, -0.2) is 29.7 Å². The molecule has 0 amide bonds. The van der Waals surface area contributed by atoms with Crippen molar-refractivity contribution in [2.75, 3.05) is 0 Å². The minimum atomic E-state index is -0.443. The molecule has 1 N–H and O–H groups in total. The van der Waals surface area contributed by atoms with Gasteiger partial charge in [-0.05, 0) is 25.2 Å². The first-order valence-corrected chi connectivity index (χ1v) is 5.08. The van der Waals surface area contributed by atoms with Gasteiger partial charge in [0.2, 0.25) is 0 Å². The van der Waals surface area contributed by atoms with Crippen LogP contribution in [0.1, 0.15) is 27.2 Å². The number of hydrogen-bond acceptors (Lipinski definition) is 3. The van der Waals surface area contributed by atoms with Gasteiger partial charge in [0.05, 0.1) is 12.2 Å². The van der Waals surface area contributed by atoms with Crippen LogP contribution < -0.4 is 0 Å². The Morgan fingerprint density at radius 1 is 1.31 bits per heavy atom. The Balaban J connectivity index is 2.11. The topological polar surface area (TPSA) is 38.7 Å². The zero-order chi connectivity index (χ0) is 9.59. The molecule has 0 aromatic heterocycles. The van der Waals surface area contributed by atoms with Crippen molar-refractivity contribution in [2.24, 2.45) is 11.8 Å². The van der Waals surface area contributed by atoms with Crippen LogP contribution >= 0.6 is 0 Å². The van der Waals surface area contributed by atoms with E-state index in [0.29, 0.717) is 11.8 Å². The van der Waals surface area contributed by atoms with E-state index in [4.69, 9.17) is 9.47 Å². The maximum Gasteiger partial charge on any atom is 0.184 e. The SMILES string of the molecule is CC(C)[C@@H]1C[C@@H]2O[C@@H](O[C@@H]2C)[C@H]1O. The fourth-order valence-corrected chi connectivity index (χ4v) is 2.30. The number of hydrogen-bond donors (Lipinski definition) is 1. The standard InChI is InChI=1S/C10H18O3/c1-5(2)7-4-8-6(3)12-10(13-8)9(7)11/h5-11H,4H2,1-3H3/t6-,7+,8+,9+,10-/m1/s1. The summed E-state index contributed by atoms with van der Waals surface area (Å²) >= 11 is 0. The van der Waals surface area contributed by atoms with E-state index in [9.17, 15) is 5.11 Å². The van der Waals surface area contributed by atoms with Crippen molar-refractivity contribution in [1.82, 2.24) is 0 Å². The molecule has 76 valence electrons. The van der Waals surface area contributed by atoms with Crippen LogP contribution in [0, 0.1) is 11.8 Å². The molecule has 3 nitrogen and oxygen atoms in total. The third-order valence-corrected chi connectivity index (χ3v) is 3.26. The smallest absolute Gasteiger partial charge is 0.184 e. The highest BCUT2D eigenvalue weighted by molar-refractivity contribution is 4.90. The molecule has 0 aromatic carbocycles. The molecule has 5 atom stereocenters. The van der Waals surface area contributed by atoms with Crippen LogP contribution in [0.5, 0.6) is 0 Å². The van der Waals surface area contributed by atoms with Crippen LogP contribution in [0.15, 0.2) is 0 Å². The third-order valence-electron chi connectivity index (χ3n) is 3.26. The minimum absolute atomic E-state index is 0.142. The molecule has 2 fully saturated rings. The van der Waals surface area contributed by atoms with Gasteiger partial charge in [-0.2, -0.15) is 0 Å². The summed E-state index contributed by atoms with van der Waals surface area (Å²) in [6.07, 6.45) is 0.447. The van der Waals surface area contributed by atoms with E-state index in [1.807, 2.05) is 6.92 Å². The summed E-state index contributed by atoms with van der Waals surface area (Å²) < 4.78 is 11.0. The van der Waals surface area contributed by atoms with Gasteiger partial charge in [-0.1, -0.05) is 13.8 Å². The first-order valence-electron chi connectivity index (χ1n) is 5.08. The van der Waals surface area contributed by atoms with Gasteiger partial charge in [-0.25, -0.2) is 0 Å². The second kappa shape index (κ2) is 3.23. The minimum Gasteiger partial charge on any atom is -0.388 e. The molecule has 0 aromatic rings. The molecular formula is C10H18O3. The summed E-state index contributed by atoms with van der Waals surface area (Å²) in [7, 11) is 0. The van der Waals surface area contributed by atoms with Crippen molar-refractivity contribution in [3.8, 4) is 0 Å². The lowest BCUT2D eigenvalue weighted by Gasteiger charge is -2.34. The molecule has 0 spiro atoms. The highest BCUT2D eigenvalue weighted by Gasteiger charge is 2.47. The summed E-state index contributed by atoms with van der Waals surface area (Å²) in [5, 5.41) is 9.89. The Labute approximate surface area is 79.0 Å². The number of fused-ring (bicyclic) bond motifs is 2. The molecule has 0 radical (unpaired) electrons. The van der Waals surface area contributed by atoms with Crippen LogP contribution in [0.4, 0.5) is 0 Å². The summed E-state index contributed by atoms with van der Waals surface area (Å²) in [5.74, 6) is 0.825. The van der Waals surface area contributed by atoms with Crippen molar-refractivity contribution < 1.29 is 14.6 Å². The number of aliphatic hydroxyl groups excluding tert-OH is 1. The van der Waals surface area contributed by atoms with Crippen molar-refractivity contribution in [3.63, 3.8) is 0 Å². The normalized spacial score (nSPS) is 50.1. The predicted molar refractivity (Wildman–Crippen MR) is 48.2 cm³/mol. The van der Waals surface area contributed by atoms with Gasteiger partial charge in [-0.15, -0.1) is 0 Å². The quantitative estimate of drug-likeness (QED) is 0.667. The zero-order valence-corrected chi connectivity index (χ0v) is 8.43. The number of aliphatic hydroxyl groups is 1. The molecular weight excluding hydrogens is 168 g/mol. The summed E-state index contributed by atoms with van der Waals surface area (Å²) in [6.45, 7) is 6.30. The molecule has 2 aliphatic rings. The zero-order valence-electron chi connectivity index (χ0n) is 8.43. The molecule has 2 rings (SSSR count). The van der Waals surface area contributed by atoms with E-state index in [-0.39, 0.29) is 18.5 Å². The van der Waals surface area contributed by atoms with E-state index in [2.05, 4.69) is 13.8 Å². The highest BCUT2D eigenvalue weighted by Crippen LogP contribution is 2.38. The van der Waals surface area contributed by atoms with Crippen LogP contribution in [0.3, 0.4) is 0 Å². The fraction of sp³-hybridized carbons (Fsp3) is 1.00. The summed E-state index contributed by atoms with van der Waals surface area (Å²) in [6, 6.07) is 0. The van der Waals surface area contributed by atoms with E-state index in [0.717, 1.165) is 6.42 Å². The Bertz CT molecular complexity index is 191. The van der Waals surface area contributed by atoms with E-state index in [1.165, 1.54) is 0 Å². The lowest BCUT2D eigenvalue weighted by molar-refractivity contribution is -0.183. The summed E-state index contributed by atoms with van der Waals surface area (Å²) in [5.41, 5.74) is 0. The van der Waals surface area contributed by atoms with Crippen LogP contribution in [0.25, 0.3) is 0 Å². The van der Waals surface area contributed by atoms with Gasteiger partial charge in [0.15, 0.2) is 6.29 Å². The van der Waals surface area contributed by atoms with E-state index < -0.39 is 6.10 Å². The molecule has 3 heteroatoms. The maximum absolute atomic E-state index is 9.89. The van der Waals surface area contributed by atoms with Crippen molar-refractivity contribution in [2.45, 2.75) is 51.8 Å². The Morgan fingerprint density at radius 2 is 2.00 bits per heavy atom. The first kappa shape index (κ1) is 9.44. The predicted octanol–water partition coefficient (Wildman–Crippen LogP) is 1.15. The van der Waals surface area contributed by atoms with Gasteiger partial charge < -0.3 is 14.6 Å². The number of rotatable bonds is 1. The lowest BCUT2D eigenvalue weighted by Crippen LogP contribution is -2.42. The van der Waals surface area contributed by atoms with Crippen LogP contribution in [-0.2, 0) is 9.47 Å². The van der Waals surface area contributed by atoms with E-state index in [1.54, 1.807) is 0 Å². The highest BCUT2D eigenvalue weighted by atomic mass is 16.7. The van der Waals surface area contributed by atoms with Gasteiger partial charge >= 0.3 is 0 Å². The van der Waals surface area contributed by atoms with Gasteiger partial charge in [0, 0.05) is 0 Å². The molecule has 0 saturated carbocycles. The molecule has 0 aliphatic carbocycles. The van der Waals surface area contributed by atoms with Crippen molar-refractivity contribution in [1.29, 1.82) is 0 Å². The van der Waals surface area contributed by atoms with Crippen molar-refractivity contribution >= 4 is 0 Å². The van der Waals surface area contributed by atoms with E-state index >= 15 is 0 Å². The van der Waals surface area contributed by atoms with Gasteiger partial charge in [-0.3, -0.25) is 0 Å². The summed E-state index contributed by atoms with van der Waals surface area (Å²) in [4.78, 5) is 0. The monoisotopic (exact) mass is 186 g/mol. The molecule has 0 unspecified atom stereocenters. The average molecular weight is 186 g/mol. The van der Waals surface area contributed by atoms with Crippen LogP contribution in [0.2, 0.25) is 0 Å². The Hall–Kier alpha value is -0.120. The molecule has 2 saturated heterocycles. The fourth-order valence-electron chi connectivity index (χ4n) is 2.30. The molecule has 2 heterocycles. The lowest BCUT2D eigenvalue weighted by atomic mass is 9.83. The molecule has 2 bridgehead atoms. The second-order valence-electron chi connectivity index (χ2n) is 4.52. The second-order valence-corrected chi connectivity index (χ2v) is 4.52. The largest absolute Gasteiger partial charge is 0.388 e. The van der Waals surface area contributed by atoms with Gasteiger partial charge in [0.25, 0.3) is 0 Å². The third kappa shape index (κ3) is 1.49. The number of ether oxygens (including phenoxy) is 2. The molecule has 13 heavy (non-hydrogen) atoms. The maximum atomic E-state index is 9.89. The van der Waals surface area contributed by atoms with Gasteiger partial charge in [0.1, 0.15) is 6.10 Å². The van der Waals surface area contributed by atoms with Crippen molar-refractivity contribution in [3.05, 3.63) is 0 Å². The Kier molecular flexibility index (Phi) is 2.34.